The molecule has 2 aliphatic heterocycles. The molecule has 4 rings (SSSR count). The summed E-state index contributed by atoms with van der Waals surface area (Å²) in [6, 6.07) is 0. The van der Waals surface area contributed by atoms with Crippen molar-refractivity contribution in [2.24, 2.45) is 0 Å². The number of nitrogens with one attached hydrogen (secondary N) is 1. The maximum Gasteiger partial charge on any atom is 0.249 e. The second-order valence-electron chi connectivity index (χ2n) is 10.2. The molecule has 1 fully saturated rings. The van der Waals surface area contributed by atoms with E-state index in [1.54, 1.807) is 16.8 Å². The number of hydrogen-bond donors (Lipinski definition) is 4. The SMILES string of the molecule is CC(C)(C)[Si](C)(C)OC[C@H]1OC(n2cc3c4c(nc(N)nc42)NC(=O)C=C3)[C@](C)(O)[C@@H]1O. The summed E-state index contributed by atoms with van der Waals surface area (Å²) in [5.41, 5.74) is 5.31. The fourth-order valence-corrected chi connectivity index (χ4v) is 4.81. The molecule has 2 aromatic heterocycles. The first-order valence-corrected chi connectivity index (χ1v) is 13.5. The van der Waals surface area contributed by atoms with Gasteiger partial charge in [-0.05, 0) is 31.1 Å². The topological polar surface area (TPSA) is 145 Å². The summed E-state index contributed by atoms with van der Waals surface area (Å²) in [4.78, 5) is 20.4. The highest BCUT2D eigenvalue weighted by atomic mass is 28.4. The average Bonchev–Trinajstić information content (AvgIpc) is 3.06. The number of nitrogens with two attached hydrogens (primary N) is 1. The van der Waals surface area contributed by atoms with Crippen molar-refractivity contribution in [2.45, 2.75) is 69.9 Å². The molecule has 0 aliphatic carbocycles. The summed E-state index contributed by atoms with van der Waals surface area (Å²) in [5.74, 6) is -0.0709. The summed E-state index contributed by atoms with van der Waals surface area (Å²) < 4.78 is 14.0. The number of rotatable bonds is 4. The number of aromatic nitrogens is 3. The van der Waals surface area contributed by atoms with Gasteiger partial charge in [-0.3, -0.25) is 4.79 Å². The van der Waals surface area contributed by atoms with Gasteiger partial charge in [-0.15, -0.1) is 0 Å². The number of carbonyl (C=O) groups excluding carboxylic acids is 1. The molecule has 1 saturated heterocycles. The molecule has 0 saturated carbocycles. The van der Waals surface area contributed by atoms with Crippen LogP contribution in [0.25, 0.3) is 17.1 Å². The van der Waals surface area contributed by atoms with E-state index in [2.05, 4.69) is 49.1 Å². The predicted molar refractivity (Wildman–Crippen MR) is 123 cm³/mol. The molecule has 0 spiro atoms. The molecule has 4 heterocycles. The second-order valence-corrected chi connectivity index (χ2v) is 15.0. The zero-order valence-electron chi connectivity index (χ0n) is 19.2. The van der Waals surface area contributed by atoms with Crippen LogP contribution in [0.4, 0.5) is 11.8 Å². The van der Waals surface area contributed by atoms with Crippen molar-refractivity contribution in [1.29, 1.82) is 0 Å². The number of ether oxygens (including phenoxy) is 1. The summed E-state index contributed by atoms with van der Waals surface area (Å²) >= 11 is 0. The van der Waals surface area contributed by atoms with Crippen molar-refractivity contribution in [1.82, 2.24) is 14.5 Å². The van der Waals surface area contributed by atoms with Gasteiger partial charge < -0.3 is 35.0 Å². The minimum Gasteiger partial charge on any atom is -0.414 e. The van der Waals surface area contributed by atoms with Crippen molar-refractivity contribution < 1.29 is 24.2 Å². The van der Waals surface area contributed by atoms with Gasteiger partial charge >= 0.3 is 0 Å². The maximum absolute atomic E-state index is 11.9. The zero-order valence-corrected chi connectivity index (χ0v) is 20.2. The van der Waals surface area contributed by atoms with Gasteiger partial charge in [0.1, 0.15) is 23.6 Å². The van der Waals surface area contributed by atoms with Crippen molar-refractivity contribution in [2.75, 3.05) is 17.7 Å². The standard InChI is InChI=1S/C21H31N5O5Si/c1-20(2,3)32(5,6)30-10-12-15(28)21(4,29)18(31-12)26-9-11-7-8-13(27)23-16-14(11)17(26)25-19(22)24-16/h7-9,12,15,18,28-29H,10H2,1-6H3,(H3,22,23,24,25,27)/t12-,15-,18?,21-/m1/s1. The molecule has 10 nitrogen and oxygen atoms in total. The number of carbonyl (C=O) groups is 1. The third-order valence-corrected chi connectivity index (χ3v) is 11.3. The van der Waals surface area contributed by atoms with Crippen molar-refractivity contribution in [3.63, 3.8) is 0 Å². The van der Waals surface area contributed by atoms with Crippen molar-refractivity contribution in [3.8, 4) is 0 Å². The summed E-state index contributed by atoms with van der Waals surface area (Å²) in [7, 11) is -2.08. The number of amides is 1. The number of aliphatic hydroxyl groups is 2. The van der Waals surface area contributed by atoms with Crippen LogP contribution in [0, 0.1) is 0 Å². The van der Waals surface area contributed by atoms with Crippen molar-refractivity contribution in [3.05, 3.63) is 17.8 Å². The number of nitrogens with zero attached hydrogens (tertiary/aromatic N) is 3. The Kier molecular flexibility index (Phi) is 5.25. The highest BCUT2D eigenvalue weighted by Gasteiger charge is 2.54. The third kappa shape index (κ3) is 3.63. The lowest BCUT2D eigenvalue weighted by Gasteiger charge is -2.37. The Morgan fingerprint density at radius 2 is 2.03 bits per heavy atom. The van der Waals surface area contributed by atoms with Gasteiger partial charge in [0.25, 0.3) is 0 Å². The lowest BCUT2D eigenvalue weighted by atomic mass is 9.96. The number of nitrogen functional groups attached to an aromatic ring is 1. The van der Waals surface area contributed by atoms with Gasteiger partial charge in [0, 0.05) is 17.8 Å². The molecular weight excluding hydrogens is 430 g/mol. The van der Waals surface area contributed by atoms with E-state index in [4.69, 9.17) is 14.9 Å². The highest BCUT2D eigenvalue weighted by Crippen LogP contribution is 2.43. The molecule has 4 atom stereocenters. The summed E-state index contributed by atoms with van der Waals surface area (Å²) in [6.07, 6.45) is 1.87. The summed E-state index contributed by atoms with van der Waals surface area (Å²) in [6.45, 7) is 12.3. The monoisotopic (exact) mass is 461 g/mol. The third-order valence-electron chi connectivity index (χ3n) is 6.80. The Bertz CT molecular complexity index is 1100. The lowest BCUT2D eigenvalue weighted by molar-refractivity contribution is -0.111. The van der Waals surface area contributed by atoms with E-state index in [0.29, 0.717) is 16.6 Å². The molecule has 5 N–H and O–H groups in total. The number of hydrogen-bond acceptors (Lipinski definition) is 8. The van der Waals surface area contributed by atoms with Gasteiger partial charge in [-0.2, -0.15) is 9.97 Å². The molecule has 2 aromatic rings. The van der Waals surface area contributed by atoms with Crippen molar-refractivity contribution >= 4 is 43.1 Å². The molecule has 32 heavy (non-hydrogen) atoms. The van der Waals surface area contributed by atoms with E-state index < -0.39 is 32.4 Å². The fourth-order valence-electron chi connectivity index (χ4n) is 3.80. The molecular formula is C21H31N5O5Si. The first-order chi connectivity index (χ1) is 14.7. The van der Waals surface area contributed by atoms with Gasteiger partial charge in [0.2, 0.25) is 11.9 Å². The van der Waals surface area contributed by atoms with Crippen LogP contribution in [0.2, 0.25) is 18.1 Å². The van der Waals surface area contributed by atoms with Crippen LogP contribution < -0.4 is 11.1 Å². The first kappa shape index (κ1) is 22.9. The van der Waals surface area contributed by atoms with Gasteiger partial charge in [0.05, 0.1) is 12.0 Å². The van der Waals surface area contributed by atoms with E-state index in [-0.39, 0.29) is 29.3 Å². The van der Waals surface area contributed by atoms with Crippen LogP contribution in [-0.2, 0) is 14.0 Å². The van der Waals surface area contributed by atoms with Crippen LogP contribution in [0.15, 0.2) is 12.3 Å². The van der Waals surface area contributed by atoms with Crippen LogP contribution in [0.3, 0.4) is 0 Å². The largest absolute Gasteiger partial charge is 0.414 e. The first-order valence-electron chi connectivity index (χ1n) is 10.6. The quantitative estimate of drug-likeness (QED) is 0.506. The molecule has 2 aliphatic rings. The van der Waals surface area contributed by atoms with Gasteiger partial charge in [-0.1, -0.05) is 20.8 Å². The molecule has 0 aromatic carbocycles. The van der Waals surface area contributed by atoms with E-state index in [1.165, 1.54) is 13.0 Å². The Hall–Kier alpha value is -2.31. The Labute approximate surface area is 187 Å². The van der Waals surface area contributed by atoms with E-state index in [0.717, 1.165) is 0 Å². The van der Waals surface area contributed by atoms with Crippen LogP contribution >= 0.6 is 0 Å². The van der Waals surface area contributed by atoms with E-state index in [1.807, 2.05) is 0 Å². The highest BCUT2D eigenvalue weighted by molar-refractivity contribution is 6.74. The Balaban J connectivity index is 1.70. The number of aliphatic hydroxyl groups excluding tert-OH is 1. The Morgan fingerprint density at radius 3 is 2.69 bits per heavy atom. The van der Waals surface area contributed by atoms with Gasteiger partial charge in [-0.25, -0.2) is 0 Å². The normalized spacial score (nSPS) is 28.2. The van der Waals surface area contributed by atoms with Gasteiger partial charge in [0.15, 0.2) is 20.2 Å². The average molecular weight is 462 g/mol. The second kappa shape index (κ2) is 7.35. The van der Waals surface area contributed by atoms with Crippen LogP contribution in [-0.4, -0.2) is 63.4 Å². The minimum atomic E-state index is -2.08. The predicted octanol–water partition coefficient (Wildman–Crippen LogP) is 2.01. The smallest absolute Gasteiger partial charge is 0.249 e. The molecule has 11 heteroatoms. The number of anilines is 2. The molecule has 0 radical (unpaired) electrons. The summed E-state index contributed by atoms with van der Waals surface area (Å²) in [5, 5.41) is 25.4. The molecule has 1 unspecified atom stereocenters. The molecule has 1 amide bonds. The lowest BCUT2D eigenvalue weighted by Crippen LogP contribution is -2.47. The van der Waals surface area contributed by atoms with Crippen LogP contribution in [0.5, 0.6) is 0 Å². The fraction of sp³-hybridized carbons (Fsp3) is 0.571. The zero-order chi connectivity index (χ0) is 23.6. The molecule has 0 bridgehead atoms. The maximum atomic E-state index is 11.9. The van der Waals surface area contributed by atoms with E-state index in [9.17, 15) is 15.0 Å². The van der Waals surface area contributed by atoms with Crippen LogP contribution in [0.1, 0.15) is 39.5 Å². The minimum absolute atomic E-state index is 0.000610. The molecule has 174 valence electrons. The van der Waals surface area contributed by atoms with E-state index >= 15 is 0 Å². The Morgan fingerprint density at radius 1 is 1.34 bits per heavy atom.